The Balaban J connectivity index is 1.28. The molecule has 1 fully saturated rings. The topological polar surface area (TPSA) is 74.4 Å². The first-order valence-electron chi connectivity index (χ1n) is 13.0. The van der Waals surface area contributed by atoms with Crippen molar-refractivity contribution in [3.63, 3.8) is 0 Å². The summed E-state index contributed by atoms with van der Waals surface area (Å²) in [4.78, 5) is 32.5. The normalized spacial score (nSPS) is 16.9. The molecule has 198 valence electrons. The minimum absolute atomic E-state index is 0.00757. The predicted octanol–water partition coefficient (Wildman–Crippen LogP) is 4.26. The number of hydrogen-bond acceptors (Lipinski definition) is 6. The minimum Gasteiger partial charge on any atom is -0.495 e. The van der Waals surface area contributed by atoms with E-state index in [1.165, 1.54) is 0 Å². The number of benzene rings is 3. The second-order valence-corrected chi connectivity index (χ2v) is 9.51. The van der Waals surface area contributed by atoms with E-state index in [0.29, 0.717) is 37.4 Å². The summed E-state index contributed by atoms with van der Waals surface area (Å²) in [5.41, 5.74) is 4.13. The Hall–Kier alpha value is -4.04. The number of rotatable bonds is 9. The number of ether oxygens (including phenoxy) is 2. The van der Waals surface area contributed by atoms with Crippen molar-refractivity contribution in [2.75, 3.05) is 63.8 Å². The van der Waals surface area contributed by atoms with Gasteiger partial charge in [0.25, 0.3) is 11.8 Å². The third-order valence-corrected chi connectivity index (χ3v) is 7.21. The number of carbonyl (C=O) groups excluding carboxylic acids is 2. The van der Waals surface area contributed by atoms with Crippen molar-refractivity contribution in [1.82, 2.24) is 9.80 Å². The standard InChI is InChI=1S/C30H34N4O4/c1-37-20-8-15-34-28(24-11-3-4-12-25(24)30(34)36)31-23-10-7-9-22(21-23)29(35)33-18-16-32(17-19-33)26-13-5-6-14-27(26)38-2/h3-7,9-14,21,28,31H,8,15-20H2,1-2H3. The molecule has 0 spiro atoms. The van der Waals surface area contributed by atoms with Gasteiger partial charge in [0.15, 0.2) is 0 Å². The van der Waals surface area contributed by atoms with Gasteiger partial charge in [-0.2, -0.15) is 0 Å². The number of nitrogens with zero attached hydrogens (tertiary/aromatic N) is 3. The van der Waals surface area contributed by atoms with E-state index >= 15 is 0 Å². The molecule has 3 aromatic rings. The maximum atomic E-state index is 13.4. The number of amides is 2. The van der Waals surface area contributed by atoms with Crippen molar-refractivity contribution in [2.24, 2.45) is 0 Å². The molecule has 2 amide bonds. The first kappa shape index (κ1) is 25.6. The number of methoxy groups -OCH3 is 2. The van der Waals surface area contributed by atoms with Crippen molar-refractivity contribution in [3.05, 3.63) is 89.5 Å². The molecule has 0 bridgehead atoms. The van der Waals surface area contributed by atoms with Gasteiger partial charge in [0.1, 0.15) is 11.9 Å². The van der Waals surface area contributed by atoms with Crippen molar-refractivity contribution in [1.29, 1.82) is 0 Å². The van der Waals surface area contributed by atoms with Crippen LogP contribution in [0.1, 0.15) is 38.9 Å². The minimum atomic E-state index is -0.301. The van der Waals surface area contributed by atoms with E-state index in [4.69, 9.17) is 9.47 Å². The van der Waals surface area contributed by atoms with E-state index < -0.39 is 0 Å². The van der Waals surface area contributed by atoms with Crippen LogP contribution < -0.4 is 15.0 Å². The lowest BCUT2D eigenvalue weighted by molar-refractivity contribution is 0.0718. The van der Waals surface area contributed by atoms with Crippen LogP contribution in [-0.4, -0.2) is 75.2 Å². The van der Waals surface area contributed by atoms with Crippen molar-refractivity contribution >= 4 is 23.2 Å². The third kappa shape index (κ3) is 5.17. The number of hydrogen-bond donors (Lipinski definition) is 1. The molecule has 2 aliphatic heterocycles. The molecular weight excluding hydrogens is 480 g/mol. The predicted molar refractivity (Wildman–Crippen MR) is 148 cm³/mol. The summed E-state index contributed by atoms with van der Waals surface area (Å²) in [5.74, 6) is 0.858. The summed E-state index contributed by atoms with van der Waals surface area (Å²) in [5, 5.41) is 3.52. The van der Waals surface area contributed by atoms with Gasteiger partial charge in [-0.3, -0.25) is 9.59 Å². The molecule has 0 saturated carbocycles. The second kappa shape index (κ2) is 11.6. The molecule has 38 heavy (non-hydrogen) atoms. The van der Waals surface area contributed by atoms with Crippen LogP contribution in [0, 0.1) is 0 Å². The van der Waals surface area contributed by atoms with Crippen LogP contribution in [-0.2, 0) is 4.74 Å². The van der Waals surface area contributed by atoms with Crippen LogP contribution in [0.3, 0.4) is 0 Å². The van der Waals surface area contributed by atoms with Crippen LogP contribution in [0.15, 0.2) is 72.8 Å². The lowest BCUT2D eigenvalue weighted by Gasteiger charge is -2.36. The number of nitrogens with one attached hydrogen (secondary N) is 1. The van der Waals surface area contributed by atoms with Crippen molar-refractivity contribution in [3.8, 4) is 5.75 Å². The SMILES string of the molecule is COCCCN1C(=O)c2ccccc2C1Nc1cccc(C(=O)N2CCN(c3ccccc3OC)CC2)c1. The molecule has 2 aliphatic rings. The van der Waals surface area contributed by atoms with Crippen molar-refractivity contribution < 1.29 is 19.1 Å². The Kier molecular flexibility index (Phi) is 7.79. The summed E-state index contributed by atoms with van der Waals surface area (Å²) in [6, 6.07) is 23.2. The fourth-order valence-corrected chi connectivity index (χ4v) is 5.26. The molecule has 1 saturated heterocycles. The van der Waals surface area contributed by atoms with Crippen LogP contribution in [0.2, 0.25) is 0 Å². The fraction of sp³-hybridized carbons (Fsp3) is 0.333. The van der Waals surface area contributed by atoms with Crippen LogP contribution in [0.4, 0.5) is 11.4 Å². The van der Waals surface area contributed by atoms with E-state index in [-0.39, 0.29) is 18.0 Å². The highest BCUT2D eigenvalue weighted by Crippen LogP contribution is 2.35. The molecule has 1 unspecified atom stereocenters. The molecule has 5 rings (SSSR count). The molecule has 0 aromatic heterocycles. The van der Waals surface area contributed by atoms with Gasteiger partial charge in [-0.25, -0.2) is 0 Å². The molecule has 1 N–H and O–H groups in total. The van der Waals surface area contributed by atoms with Gasteiger partial charge in [0, 0.05) is 68.8 Å². The Labute approximate surface area is 223 Å². The van der Waals surface area contributed by atoms with Crippen LogP contribution in [0.5, 0.6) is 5.75 Å². The zero-order chi connectivity index (χ0) is 26.5. The van der Waals surface area contributed by atoms with Gasteiger partial charge in [0.2, 0.25) is 0 Å². The highest BCUT2D eigenvalue weighted by atomic mass is 16.5. The molecule has 3 aromatic carbocycles. The maximum Gasteiger partial charge on any atom is 0.256 e. The monoisotopic (exact) mass is 514 g/mol. The van der Waals surface area contributed by atoms with Gasteiger partial charge in [0.05, 0.1) is 12.8 Å². The zero-order valence-electron chi connectivity index (χ0n) is 21.9. The van der Waals surface area contributed by atoms with E-state index in [1.54, 1.807) is 14.2 Å². The van der Waals surface area contributed by atoms with E-state index in [0.717, 1.165) is 42.2 Å². The highest BCUT2D eigenvalue weighted by molar-refractivity contribution is 5.99. The lowest BCUT2D eigenvalue weighted by Crippen LogP contribution is -2.48. The Morgan fingerprint density at radius 2 is 1.71 bits per heavy atom. The molecule has 8 nitrogen and oxygen atoms in total. The number of piperazine rings is 1. The summed E-state index contributed by atoms with van der Waals surface area (Å²) in [6.07, 6.45) is 0.443. The summed E-state index contributed by atoms with van der Waals surface area (Å²) >= 11 is 0. The van der Waals surface area contributed by atoms with Gasteiger partial charge >= 0.3 is 0 Å². The largest absolute Gasteiger partial charge is 0.495 e. The quantitative estimate of drug-likeness (QED) is 0.430. The van der Waals surface area contributed by atoms with Gasteiger partial charge in [-0.15, -0.1) is 0 Å². The number of para-hydroxylation sites is 2. The van der Waals surface area contributed by atoms with Crippen LogP contribution >= 0.6 is 0 Å². The third-order valence-electron chi connectivity index (χ3n) is 7.21. The second-order valence-electron chi connectivity index (χ2n) is 9.51. The van der Waals surface area contributed by atoms with Gasteiger partial charge in [-0.1, -0.05) is 36.4 Å². The Morgan fingerprint density at radius 3 is 2.50 bits per heavy atom. The molecule has 2 heterocycles. The molecular formula is C30H34N4O4. The maximum absolute atomic E-state index is 13.4. The Bertz CT molecular complexity index is 1290. The Morgan fingerprint density at radius 1 is 0.947 bits per heavy atom. The number of carbonyl (C=O) groups is 2. The van der Waals surface area contributed by atoms with Gasteiger partial charge in [-0.05, 0) is 42.8 Å². The average Bonchev–Trinajstić information content (AvgIpc) is 3.23. The van der Waals surface area contributed by atoms with E-state index in [2.05, 4.69) is 16.3 Å². The first-order chi connectivity index (χ1) is 18.6. The molecule has 0 aliphatic carbocycles. The highest BCUT2D eigenvalue weighted by Gasteiger charge is 2.36. The van der Waals surface area contributed by atoms with Crippen molar-refractivity contribution in [2.45, 2.75) is 12.6 Å². The molecule has 1 atom stereocenters. The summed E-state index contributed by atoms with van der Waals surface area (Å²) in [6.45, 7) is 3.90. The summed E-state index contributed by atoms with van der Waals surface area (Å²) in [7, 11) is 3.34. The zero-order valence-corrected chi connectivity index (χ0v) is 21.9. The number of fused-ring (bicyclic) bond motifs is 1. The fourth-order valence-electron chi connectivity index (χ4n) is 5.26. The van der Waals surface area contributed by atoms with E-state index in [1.807, 2.05) is 76.5 Å². The first-order valence-corrected chi connectivity index (χ1v) is 13.0. The lowest BCUT2D eigenvalue weighted by atomic mass is 10.1. The molecule has 8 heteroatoms. The molecule has 0 radical (unpaired) electrons. The summed E-state index contributed by atoms with van der Waals surface area (Å²) < 4.78 is 10.7. The van der Waals surface area contributed by atoms with Crippen LogP contribution in [0.25, 0.3) is 0 Å². The number of anilines is 2. The van der Waals surface area contributed by atoms with E-state index in [9.17, 15) is 9.59 Å². The van der Waals surface area contributed by atoms with Gasteiger partial charge < -0.3 is 29.5 Å². The smallest absolute Gasteiger partial charge is 0.256 e. The average molecular weight is 515 g/mol.